The minimum atomic E-state index is -2.44. The van der Waals surface area contributed by atoms with Gasteiger partial charge in [0.25, 0.3) is 5.91 Å². The van der Waals surface area contributed by atoms with Crippen LogP contribution in [0.2, 0.25) is 0 Å². The van der Waals surface area contributed by atoms with Crippen molar-refractivity contribution in [3.8, 4) is 5.75 Å². The van der Waals surface area contributed by atoms with Crippen LogP contribution in [0.15, 0.2) is 24.0 Å². The van der Waals surface area contributed by atoms with E-state index >= 15 is 0 Å². The molecule has 1 fully saturated rings. The predicted octanol–water partition coefficient (Wildman–Crippen LogP) is -0.731. The Bertz CT molecular complexity index is 1430. The molecule has 0 unspecified atom stereocenters. The Morgan fingerprint density at radius 3 is 2.47 bits per heavy atom. The van der Waals surface area contributed by atoms with Crippen LogP contribution in [0.25, 0.3) is 0 Å². The maximum absolute atomic E-state index is 13.1. The van der Waals surface area contributed by atoms with Gasteiger partial charge in [-0.25, -0.2) is 14.4 Å². The number of piperidine rings is 1. The third-order valence-electron chi connectivity index (χ3n) is 9.61. The largest absolute Gasteiger partial charge is 0.481 e. The van der Waals surface area contributed by atoms with Gasteiger partial charge >= 0.3 is 17.9 Å². The molecule has 5 rings (SSSR count). The Morgan fingerprint density at radius 2 is 1.82 bits per heavy atom. The van der Waals surface area contributed by atoms with Gasteiger partial charge < -0.3 is 50.0 Å². The van der Waals surface area contributed by atoms with Gasteiger partial charge in [-0.3, -0.25) is 4.79 Å². The summed E-state index contributed by atoms with van der Waals surface area (Å²) in [6.45, 7) is 4.98. The number of likely N-dealkylation sites (tertiary alicyclic amines) is 1. The average Bonchev–Trinajstić information content (AvgIpc) is 3.34. The number of hydrogen-bond donors (Lipinski definition) is 6. The van der Waals surface area contributed by atoms with E-state index in [1.54, 1.807) is 19.9 Å². The molecule has 6 N–H and O–H groups in total. The molecule has 1 aromatic rings. The van der Waals surface area contributed by atoms with Crippen LogP contribution in [0.5, 0.6) is 5.75 Å². The van der Waals surface area contributed by atoms with Crippen LogP contribution in [0, 0.1) is 5.92 Å². The van der Waals surface area contributed by atoms with E-state index in [0.29, 0.717) is 30.7 Å². The summed E-state index contributed by atoms with van der Waals surface area (Å²) in [5.41, 5.74) is -0.0769. The van der Waals surface area contributed by atoms with Crippen molar-refractivity contribution in [1.82, 2.24) is 10.2 Å². The fraction of sp³-hybridized carbons (Fsp3) is 0.613. The number of carbonyl (C=O) groups excluding carboxylic acids is 3. The molecule has 14 heteroatoms. The Labute approximate surface area is 259 Å². The number of rotatable bonds is 11. The van der Waals surface area contributed by atoms with Crippen molar-refractivity contribution in [3.05, 3.63) is 40.7 Å². The number of aliphatic hydroxyl groups is 4. The van der Waals surface area contributed by atoms with Crippen molar-refractivity contribution in [2.24, 2.45) is 5.92 Å². The molecule has 0 aromatic heterocycles. The quantitative estimate of drug-likeness (QED) is 0.166. The summed E-state index contributed by atoms with van der Waals surface area (Å²) in [4.78, 5) is 51.6. The van der Waals surface area contributed by atoms with E-state index in [1.807, 2.05) is 13.1 Å². The fourth-order valence-electron chi connectivity index (χ4n) is 7.35. The molecule has 2 aliphatic heterocycles. The summed E-state index contributed by atoms with van der Waals surface area (Å²) >= 11 is 0. The molecule has 45 heavy (non-hydrogen) atoms. The van der Waals surface area contributed by atoms with E-state index < -0.39 is 65.3 Å². The maximum atomic E-state index is 13.1. The van der Waals surface area contributed by atoms with Gasteiger partial charge in [0.05, 0.1) is 17.6 Å². The van der Waals surface area contributed by atoms with Gasteiger partial charge in [-0.2, -0.15) is 0 Å². The van der Waals surface area contributed by atoms with Crippen LogP contribution in [-0.2, 0) is 47.1 Å². The Hall–Kier alpha value is -3.56. The minimum Gasteiger partial charge on any atom is -0.481 e. The monoisotopic (exact) mass is 632 g/mol. The first kappa shape index (κ1) is 32.8. The number of nitrogens with zero attached hydrogens (tertiary/aromatic N) is 1. The molecule has 2 aliphatic carbocycles. The summed E-state index contributed by atoms with van der Waals surface area (Å²) in [6, 6.07) is 2.17. The summed E-state index contributed by atoms with van der Waals surface area (Å²) in [7, 11) is 1.94. The third-order valence-corrected chi connectivity index (χ3v) is 9.61. The van der Waals surface area contributed by atoms with Crippen molar-refractivity contribution < 1.29 is 58.9 Å². The lowest BCUT2D eigenvalue weighted by Crippen LogP contribution is -2.74. The number of hydrogen-bond acceptors (Lipinski definition) is 12. The standard InChI is InChI=1S/C31H40N2O12/c1-14(2)11-18(27(38)39)32-26(37)15(3)43-28(40)22(35)23(36)29(41)44-19-7-8-31(42)20-12-16-5-6-17(13-34)24-21(16)30(31,25(19)45-24)9-10-33(20)4/h5-7,14-15,18,20,22-23,25,34-36,42H,8-13H2,1-4H3,(H,32,37)(H,38,39)/t15-,18-,20+,22+,23+,25-,30-,31+/m0/s1. The molecule has 1 aromatic carbocycles. The third kappa shape index (κ3) is 5.27. The molecule has 0 saturated carbocycles. The number of carboxylic acids is 1. The summed E-state index contributed by atoms with van der Waals surface area (Å²) < 4.78 is 16.8. The predicted molar refractivity (Wildman–Crippen MR) is 154 cm³/mol. The molecular weight excluding hydrogens is 592 g/mol. The number of likely N-dealkylation sites (N-methyl/N-ethyl adjacent to an activating group) is 1. The first-order valence-electron chi connectivity index (χ1n) is 15.0. The smallest absolute Gasteiger partial charge is 0.343 e. The Kier molecular flexibility index (Phi) is 8.74. The first-order chi connectivity index (χ1) is 21.2. The lowest BCUT2D eigenvalue weighted by Gasteiger charge is -2.61. The molecule has 1 spiro atoms. The molecule has 1 amide bonds. The second-order valence-electron chi connectivity index (χ2n) is 12.8. The van der Waals surface area contributed by atoms with Gasteiger partial charge in [-0.1, -0.05) is 26.0 Å². The molecule has 2 bridgehead atoms. The molecule has 8 atom stereocenters. The number of carbonyl (C=O) groups is 4. The average molecular weight is 633 g/mol. The highest BCUT2D eigenvalue weighted by Gasteiger charge is 2.72. The number of aliphatic carboxylic acids is 1. The molecule has 246 valence electrons. The number of nitrogens with one attached hydrogen (secondary N) is 1. The Balaban J connectivity index is 1.30. The molecule has 2 heterocycles. The van der Waals surface area contributed by atoms with Crippen molar-refractivity contribution in [1.29, 1.82) is 0 Å². The van der Waals surface area contributed by atoms with Crippen molar-refractivity contribution in [2.45, 2.75) is 101 Å². The molecule has 4 aliphatic rings. The van der Waals surface area contributed by atoms with Crippen molar-refractivity contribution in [2.75, 3.05) is 13.6 Å². The lowest BCUT2D eigenvalue weighted by atomic mass is 9.50. The number of benzene rings is 1. The van der Waals surface area contributed by atoms with Gasteiger partial charge in [-0.15, -0.1) is 0 Å². The van der Waals surface area contributed by atoms with Crippen molar-refractivity contribution in [3.63, 3.8) is 0 Å². The van der Waals surface area contributed by atoms with Gasteiger partial charge in [0.2, 0.25) is 0 Å². The van der Waals surface area contributed by atoms with Crippen molar-refractivity contribution >= 4 is 23.8 Å². The van der Waals surface area contributed by atoms with E-state index in [0.717, 1.165) is 18.1 Å². The minimum absolute atomic E-state index is 0.0156. The van der Waals surface area contributed by atoms with Gasteiger partial charge in [0.1, 0.15) is 17.6 Å². The highest BCUT2D eigenvalue weighted by atomic mass is 16.6. The van der Waals surface area contributed by atoms with Gasteiger partial charge in [0, 0.05) is 23.6 Å². The van der Waals surface area contributed by atoms with Gasteiger partial charge in [-0.05, 0) is 57.3 Å². The van der Waals surface area contributed by atoms with Crippen LogP contribution in [-0.4, -0.2) is 110 Å². The topological polar surface area (TPSA) is 212 Å². The zero-order chi connectivity index (χ0) is 33.0. The highest BCUT2D eigenvalue weighted by molar-refractivity contribution is 5.90. The van der Waals surface area contributed by atoms with E-state index in [1.165, 1.54) is 6.08 Å². The van der Waals surface area contributed by atoms with E-state index in [9.17, 15) is 44.7 Å². The highest BCUT2D eigenvalue weighted by Crippen LogP contribution is 2.64. The maximum Gasteiger partial charge on any atom is 0.343 e. The van der Waals surface area contributed by atoms with Crippen LogP contribution in [0.3, 0.4) is 0 Å². The molecular formula is C31H40N2O12. The van der Waals surface area contributed by atoms with E-state index in [4.69, 9.17) is 14.2 Å². The number of esters is 2. The molecule has 14 nitrogen and oxygen atoms in total. The summed E-state index contributed by atoms with van der Waals surface area (Å²) in [5, 5.41) is 54.9. The van der Waals surface area contributed by atoms with Crippen LogP contribution < -0.4 is 10.1 Å². The van der Waals surface area contributed by atoms with Crippen LogP contribution >= 0.6 is 0 Å². The summed E-state index contributed by atoms with van der Waals surface area (Å²) in [6.07, 6.45) is -4.67. The van der Waals surface area contributed by atoms with Crippen LogP contribution in [0.4, 0.5) is 0 Å². The lowest BCUT2D eigenvalue weighted by molar-refractivity contribution is -0.181. The van der Waals surface area contributed by atoms with E-state index in [2.05, 4.69) is 10.2 Å². The number of carboxylic acid groups (broad SMARTS) is 1. The normalized spacial score (nSPS) is 29.0. The zero-order valence-electron chi connectivity index (χ0n) is 25.6. The number of aliphatic hydroxyl groups excluding tert-OH is 3. The SMILES string of the molecule is CC(C)C[C@H](NC(=O)[C@H](C)OC(=O)[C@H](O)[C@@H](O)C(=O)OC1=CC[C@@]2(O)[C@H]3Cc4ccc(CO)c5c4[C@@]2(CCN3C)[C@H]1O5)C(=O)O. The second kappa shape index (κ2) is 12.0. The Morgan fingerprint density at radius 1 is 1.13 bits per heavy atom. The van der Waals surface area contributed by atoms with Gasteiger partial charge in [0.15, 0.2) is 24.4 Å². The van der Waals surface area contributed by atoms with Crippen LogP contribution in [0.1, 0.15) is 56.7 Å². The molecule has 1 saturated heterocycles. The first-order valence-corrected chi connectivity index (χ1v) is 15.0. The fourth-order valence-corrected chi connectivity index (χ4v) is 7.35. The number of ether oxygens (including phenoxy) is 3. The van der Waals surface area contributed by atoms with E-state index in [-0.39, 0.29) is 37.2 Å². The number of amides is 1. The molecule has 0 radical (unpaired) electrons. The second-order valence-corrected chi connectivity index (χ2v) is 12.8. The summed E-state index contributed by atoms with van der Waals surface area (Å²) in [5.74, 6) is -4.76. The zero-order valence-corrected chi connectivity index (χ0v) is 25.6.